The number of anilines is 1. The van der Waals surface area contributed by atoms with Crippen molar-refractivity contribution in [3.8, 4) is 0 Å². The SMILES string of the molecule is CC(NC(=O)c1ccccc1)C(=O)Nc1ccc2c(c1F)CCNC2. The second kappa shape index (κ2) is 7.44. The maximum Gasteiger partial charge on any atom is 0.251 e. The van der Waals surface area contributed by atoms with Crippen LogP contribution in [0.3, 0.4) is 0 Å². The summed E-state index contributed by atoms with van der Waals surface area (Å²) in [6.07, 6.45) is 0.588. The zero-order chi connectivity index (χ0) is 17.8. The molecule has 130 valence electrons. The van der Waals surface area contributed by atoms with Gasteiger partial charge in [0.15, 0.2) is 0 Å². The lowest BCUT2D eigenvalue weighted by molar-refractivity contribution is -0.117. The van der Waals surface area contributed by atoms with E-state index in [0.717, 1.165) is 5.56 Å². The van der Waals surface area contributed by atoms with Crippen molar-refractivity contribution in [3.63, 3.8) is 0 Å². The molecule has 0 aromatic heterocycles. The van der Waals surface area contributed by atoms with Crippen LogP contribution in [0.4, 0.5) is 10.1 Å². The summed E-state index contributed by atoms with van der Waals surface area (Å²) in [5.41, 5.74) is 2.16. The average Bonchev–Trinajstić information content (AvgIpc) is 2.64. The van der Waals surface area contributed by atoms with E-state index in [4.69, 9.17) is 0 Å². The fourth-order valence-corrected chi connectivity index (χ4v) is 2.81. The number of rotatable bonds is 4. The first kappa shape index (κ1) is 17.1. The summed E-state index contributed by atoms with van der Waals surface area (Å²) in [4.78, 5) is 24.4. The van der Waals surface area contributed by atoms with Gasteiger partial charge in [-0.25, -0.2) is 4.39 Å². The molecule has 0 saturated heterocycles. The summed E-state index contributed by atoms with van der Waals surface area (Å²) >= 11 is 0. The van der Waals surface area contributed by atoms with Gasteiger partial charge in [-0.1, -0.05) is 24.3 Å². The molecule has 2 aromatic rings. The van der Waals surface area contributed by atoms with Crippen molar-refractivity contribution in [3.05, 3.63) is 65.0 Å². The minimum Gasteiger partial charge on any atom is -0.341 e. The van der Waals surface area contributed by atoms with Gasteiger partial charge in [0, 0.05) is 12.1 Å². The number of benzene rings is 2. The molecule has 2 amide bonds. The van der Waals surface area contributed by atoms with Gasteiger partial charge >= 0.3 is 0 Å². The van der Waals surface area contributed by atoms with Crippen LogP contribution in [-0.2, 0) is 17.8 Å². The Kier molecular flexibility index (Phi) is 5.09. The Balaban J connectivity index is 1.67. The lowest BCUT2D eigenvalue weighted by Gasteiger charge is -2.20. The van der Waals surface area contributed by atoms with Gasteiger partial charge in [0.05, 0.1) is 5.69 Å². The van der Waals surface area contributed by atoms with Crippen molar-refractivity contribution in [2.24, 2.45) is 0 Å². The largest absolute Gasteiger partial charge is 0.341 e. The molecular weight excluding hydrogens is 321 g/mol. The average molecular weight is 341 g/mol. The summed E-state index contributed by atoms with van der Waals surface area (Å²) in [5, 5.41) is 8.36. The molecule has 0 saturated carbocycles. The van der Waals surface area contributed by atoms with E-state index < -0.39 is 17.8 Å². The summed E-state index contributed by atoms with van der Waals surface area (Å²) in [6.45, 7) is 2.91. The van der Waals surface area contributed by atoms with Crippen LogP contribution in [0.1, 0.15) is 28.4 Å². The lowest BCUT2D eigenvalue weighted by Crippen LogP contribution is -2.41. The van der Waals surface area contributed by atoms with Crippen LogP contribution >= 0.6 is 0 Å². The van der Waals surface area contributed by atoms with Gasteiger partial charge in [-0.3, -0.25) is 9.59 Å². The van der Waals surface area contributed by atoms with Crippen LogP contribution in [-0.4, -0.2) is 24.4 Å². The predicted octanol–water partition coefficient (Wildman–Crippen LogP) is 2.23. The summed E-state index contributed by atoms with van der Waals surface area (Å²) in [7, 11) is 0. The standard InChI is InChI=1S/C19H20FN3O2/c1-12(22-19(25)13-5-3-2-4-6-13)18(24)23-16-8-7-14-11-21-10-9-15(14)17(16)20/h2-8,12,21H,9-11H2,1H3,(H,22,25)(H,23,24). The zero-order valence-electron chi connectivity index (χ0n) is 13.9. The molecule has 0 aliphatic carbocycles. The normalized spacial score (nSPS) is 14.3. The van der Waals surface area contributed by atoms with Crippen LogP contribution in [0, 0.1) is 5.82 Å². The van der Waals surface area contributed by atoms with E-state index in [1.807, 2.05) is 6.07 Å². The van der Waals surface area contributed by atoms with Crippen LogP contribution in [0.15, 0.2) is 42.5 Å². The van der Waals surface area contributed by atoms with E-state index in [-0.39, 0.29) is 11.6 Å². The van der Waals surface area contributed by atoms with Crippen LogP contribution in [0.5, 0.6) is 0 Å². The Morgan fingerprint density at radius 1 is 1.16 bits per heavy atom. The number of carbonyl (C=O) groups excluding carboxylic acids is 2. The molecule has 1 atom stereocenters. The first-order chi connectivity index (χ1) is 12.1. The van der Waals surface area contributed by atoms with Gasteiger partial charge in [0.25, 0.3) is 5.91 Å². The maximum atomic E-state index is 14.6. The number of amides is 2. The second-order valence-corrected chi connectivity index (χ2v) is 6.04. The Labute approximate surface area is 145 Å². The number of hydrogen-bond acceptors (Lipinski definition) is 3. The highest BCUT2D eigenvalue weighted by Crippen LogP contribution is 2.24. The number of nitrogens with one attached hydrogen (secondary N) is 3. The Hall–Kier alpha value is -2.73. The van der Waals surface area contributed by atoms with E-state index in [2.05, 4.69) is 16.0 Å². The topological polar surface area (TPSA) is 70.2 Å². The molecule has 0 spiro atoms. The zero-order valence-corrected chi connectivity index (χ0v) is 13.9. The molecule has 6 heteroatoms. The van der Waals surface area contributed by atoms with Crippen molar-refractivity contribution in [1.29, 1.82) is 0 Å². The summed E-state index contributed by atoms with van der Waals surface area (Å²) in [5.74, 6) is -1.20. The van der Waals surface area contributed by atoms with E-state index in [0.29, 0.717) is 30.6 Å². The molecule has 25 heavy (non-hydrogen) atoms. The number of halogens is 1. The third-order valence-electron chi connectivity index (χ3n) is 4.24. The molecule has 0 fully saturated rings. The second-order valence-electron chi connectivity index (χ2n) is 6.04. The molecule has 1 unspecified atom stereocenters. The van der Waals surface area contributed by atoms with Gasteiger partial charge < -0.3 is 16.0 Å². The van der Waals surface area contributed by atoms with Gasteiger partial charge in [0.1, 0.15) is 11.9 Å². The molecule has 1 aliphatic rings. The monoisotopic (exact) mass is 341 g/mol. The Morgan fingerprint density at radius 2 is 1.92 bits per heavy atom. The van der Waals surface area contributed by atoms with Crippen LogP contribution in [0.25, 0.3) is 0 Å². The summed E-state index contributed by atoms with van der Waals surface area (Å²) < 4.78 is 14.6. The quantitative estimate of drug-likeness (QED) is 0.799. The van der Waals surface area contributed by atoms with Gasteiger partial charge in [-0.05, 0) is 49.2 Å². The summed E-state index contributed by atoms with van der Waals surface area (Å²) in [6, 6.07) is 11.2. The first-order valence-electron chi connectivity index (χ1n) is 8.24. The highest BCUT2D eigenvalue weighted by Gasteiger charge is 2.21. The molecule has 5 nitrogen and oxygen atoms in total. The van der Waals surface area contributed by atoms with Gasteiger partial charge in [-0.15, -0.1) is 0 Å². The van der Waals surface area contributed by atoms with E-state index in [1.165, 1.54) is 0 Å². The van der Waals surface area contributed by atoms with Gasteiger partial charge in [-0.2, -0.15) is 0 Å². The van der Waals surface area contributed by atoms with Crippen molar-refractivity contribution in [2.75, 3.05) is 11.9 Å². The van der Waals surface area contributed by atoms with E-state index in [9.17, 15) is 14.0 Å². The van der Waals surface area contributed by atoms with Crippen molar-refractivity contribution < 1.29 is 14.0 Å². The lowest BCUT2D eigenvalue weighted by atomic mass is 9.99. The highest BCUT2D eigenvalue weighted by molar-refractivity contribution is 6.01. The van der Waals surface area contributed by atoms with E-state index >= 15 is 0 Å². The minimum absolute atomic E-state index is 0.145. The van der Waals surface area contributed by atoms with Crippen molar-refractivity contribution >= 4 is 17.5 Å². The molecule has 0 radical (unpaired) electrons. The predicted molar refractivity (Wildman–Crippen MR) is 93.8 cm³/mol. The number of carbonyl (C=O) groups is 2. The number of fused-ring (bicyclic) bond motifs is 1. The number of hydrogen-bond donors (Lipinski definition) is 3. The molecule has 0 bridgehead atoms. The first-order valence-corrected chi connectivity index (χ1v) is 8.24. The molecule has 3 N–H and O–H groups in total. The van der Waals surface area contributed by atoms with Crippen LogP contribution in [0.2, 0.25) is 0 Å². The van der Waals surface area contributed by atoms with Crippen molar-refractivity contribution in [1.82, 2.24) is 10.6 Å². The van der Waals surface area contributed by atoms with Crippen LogP contribution < -0.4 is 16.0 Å². The fraction of sp³-hybridized carbons (Fsp3) is 0.263. The molecular formula is C19H20FN3O2. The third kappa shape index (κ3) is 3.85. The Morgan fingerprint density at radius 3 is 2.68 bits per heavy atom. The third-order valence-corrected chi connectivity index (χ3v) is 4.24. The van der Waals surface area contributed by atoms with E-state index in [1.54, 1.807) is 43.3 Å². The molecule has 3 rings (SSSR count). The Bertz CT molecular complexity index is 793. The van der Waals surface area contributed by atoms with Crippen molar-refractivity contribution in [2.45, 2.75) is 25.9 Å². The fourth-order valence-electron chi connectivity index (χ4n) is 2.81. The highest BCUT2D eigenvalue weighted by atomic mass is 19.1. The molecule has 2 aromatic carbocycles. The smallest absolute Gasteiger partial charge is 0.251 e. The molecule has 1 aliphatic heterocycles. The maximum absolute atomic E-state index is 14.6. The van der Waals surface area contributed by atoms with Gasteiger partial charge in [0.2, 0.25) is 5.91 Å². The minimum atomic E-state index is -0.787. The molecule has 1 heterocycles.